The highest BCUT2D eigenvalue weighted by atomic mass is 32.1. The molecule has 6 aromatic rings. The van der Waals surface area contributed by atoms with Gasteiger partial charge in [0, 0.05) is 18.0 Å². The van der Waals surface area contributed by atoms with Gasteiger partial charge in [0.25, 0.3) is 11.5 Å². The maximum Gasteiger partial charge on any atom is 0.267 e. The Hall–Kier alpha value is -5.14. The van der Waals surface area contributed by atoms with E-state index in [-0.39, 0.29) is 11.5 Å². The predicted molar refractivity (Wildman–Crippen MR) is 159 cm³/mol. The summed E-state index contributed by atoms with van der Waals surface area (Å²) in [5, 5.41) is 8.76. The lowest BCUT2D eigenvalue weighted by molar-refractivity contribution is 0.0938. The number of amides is 1. The molecule has 0 bridgehead atoms. The van der Waals surface area contributed by atoms with Gasteiger partial charge in [0.15, 0.2) is 5.65 Å². The summed E-state index contributed by atoms with van der Waals surface area (Å²) >= 11 is 1.52. The van der Waals surface area contributed by atoms with E-state index < -0.39 is 6.04 Å². The Morgan fingerprint density at radius 3 is 2.54 bits per heavy atom. The van der Waals surface area contributed by atoms with Crippen LogP contribution in [0.5, 0.6) is 0 Å². The molecule has 41 heavy (non-hydrogen) atoms. The molecule has 4 heterocycles. The third kappa shape index (κ3) is 4.77. The van der Waals surface area contributed by atoms with Crippen LogP contribution in [0.2, 0.25) is 0 Å². The summed E-state index contributed by atoms with van der Waals surface area (Å²) in [6, 6.07) is 15.8. The number of hydrogen-bond donors (Lipinski definition) is 1. The minimum absolute atomic E-state index is 0.270. The number of thiazole rings is 1. The van der Waals surface area contributed by atoms with Crippen molar-refractivity contribution in [3.05, 3.63) is 116 Å². The van der Waals surface area contributed by atoms with Crippen LogP contribution < -0.4 is 10.9 Å². The van der Waals surface area contributed by atoms with Crippen LogP contribution in [0, 0.1) is 32.6 Å². The fraction of sp³-hybridized carbons (Fsp3) is 0.161. The van der Waals surface area contributed by atoms with Gasteiger partial charge in [-0.1, -0.05) is 30.2 Å². The summed E-state index contributed by atoms with van der Waals surface area (Å²) < 4.78 is 3.11. The molecule has 0 aliphatic rings. The van der Waals surface area contributed by atoms with Crippen LogP contribution in [0.3, 0.4) is 0 Å². The van der Waals surface area contributed by atoms with Crippen LogP contribution >= 0.6 is 11.3 Å². The van der Waals surface area contributed by atoms with Crippen molar-refractivity contribution in [1.82, 2.24) is 34.4 Å². The first-order chi connectivity index (χ1) is 19.8. The molecule has 0 radical (unpaired) electrons. The van der Waals surface area contributed by atoms with Gasteiger partial charge in [0.05, 0.1) is 39.0 Å². The normalized spacial score (nSPS) is 11.8. The number of nitrogens with zero attached hydrogens (tertiary/aromatic N) is 6. The molecule has 0 unspecified atom stereocenters. The van der Waals surface area contributed by atoms with Crippen LogP contribution in [0.15, 0.2) is 71.8 Å². The van der Waals surface area contributed by atoms with Crippen LogP contribution in [-0.2, 0) is 0 Å². The Morgan fingerprint density at radius 2 is 1.78 bits per heavy atom. The number of fused-ring (bicyclic) bond motifs is 2. The van der Waals surface area contributed by atoms with Crippen molar-refractivity contribution in [2.45, 2.75) is 33.7 Å². The molecule has 6 rings (SSSR count). The number of aromatic nitrogens is 6. The molecule has 0 aliphatic carbocycles. The van der Waals surface area contributed by atoms with Crippen molar-refractivity contribution in [1.29, 1.82) is 0 Å². The van der Waals surface area contributed by atoms with Gasteiger partial charge < -0.3 is 5.32 Å². The third-order valence-corrected chi connectivity index (χ3v) is 7.67. The molecule has 9 nitrogen and oxygen atoms in total. The smallest absolute Gasteiger partial charge is 0.267 e. The number of hydrogen-bond acceptors (Lipinski definition) is 7. The van der Waals surface area contributed by atoms with Crippen LogP contribution in [0.1, 0.15) is 56.0 Å². The minimum Gasteiger partial charge on any atom is -0.342 e. The van der Waals surface area contributed by atoms with E-state index in [1.54, 1.807) is 47.5 Å². The van der Waals surface area contributed by atoms with Crippen molar-refractivity contribution >= 4 is 33.8 Å². The van der Waals surface area contributed by atoms with E-state index in [1.165, 1.54) is 11.3 Å². The monoisotopic (exact) mass is 559 g/mol. The maximum atomic E-state index is 14.2. The number of carbonyl (C=O) groups is 1. The van der Waals surface area contributed by atoms with Gasteiger partial charge in [-0.2, -0.15) is 5.10 Å². The fourth-order valence-corrected chi connectivity index (χ4v) is 5.61. The molecule has 2 aromatic carbocycles. The van der Waals surface area contributed by atoms with E-state index in [2.05, 4.69) is 32.2 Å². The molecule has 0 spiro atoms. The molecular formula is C31H25N7O2S. The van der Waals surface area contributed by atoms with E-state index in [4.69, 9.17) is 4.98 Å². The molecular weight excluding hydrogens is 534 g/mol. The summed E-state index contributed by atoms with van der Waals surface area (Å²) in [5.41, 5.74) is 3.68. The van der Waals surface area contributed by atoms with E-state index in [9.17, 15) is 9.59 Å². The lowest BCUT2D eigenvalue weighted by Gasteiger charge is -2.20. The zero-order chi connectivity index (χ0) is 28.7. The number of aryl methyl sites for hydroxylation is 3. The van der Waals surface area contributed by atoms with Crippen LogP contribution in [-0.4, -0.2) is 35.0 Å². The zero-order valence-electron chi connectivity index (χ0n) is 22.8. The molecule has 1 N–H and O–H groups in total. The first-order valence-electron chi connectivity index (χ1n) is 13.0. The van der Waals surface area contributed by atoms with Gasteiger partial charge in [-0.05, 0) is 63.9 Å². The number of rotatable bonds is 4. The number of para-hydroxylation sites is 1. The second kappa shape index (κ2) is 10.4. The van der Waals surface area contributed by atoms with Crippen molar-refractivity contribution < 1.29 is 4.79 Å². The summed E-state index contributed by atoms with van der Waals surface area (Å²) in [7, 11) is 0. The quantitative estimate of drug-likeness (QED) is 0.314. The highest BCUT2D eigenvalue weighted by Gasteiger charge is 2.24. The average molecular weight is 560 g/mol. The van der Waals surface area contributed by atoms with Gasteiger partial charge in [0.2, 0.25) is 0 Å². The predicted octanol–water partition coefficient (Wildman–Crippen LogP) is 4.70. The molecule has 202 valence electrons. The molecule has 1 amide bonds. The molecule has 0 saturated heterocycles. The standard InChI is InChI=1S/C31H25N7O2S/c1-18-25(41-21(4)33-18)15-14-22-10-8-13-24-27(22)31(40)38(23-11-6-5-7-12-23)28(35-24)20(3)34-30(39)26-19(2)36-37-17-9-16-32-29(26)37/h5-13,16-17,20H,1-4H3,(H,34,39)/t20-/m1/s1. The summed E-state index contributed by atoms with van der Waals surface area (Å²) in [4.78, 5) is 42.2. The Kier molecular flexibility index (Phi) is 6.65. The maximum absolute atomic E-state index is 14.2. The van der Waals surface area contributed by atoms with E-state index in [0.717, 1.165) is 15.6 Å². The SMILES string of the molecule is Cc1nc(C)c(C#Cc2cccc3nc([C@@H](C)NC(=O)c4c(C)nn5cccnc45)n(-c4ccccc4)c(=O)c23)s1. The Morgan fingerprint density at radius 1 is 0.976 bits per heavy atom. The van der Waals surface area contributed by atoms with Gasteiger partial charge in [0.1, 0.15) is 16.3 Å². The van der Waals surface area contributed by atoms with Crippen LogP contribution in [0.25, 0.3) is 22.2 Å². The summed E-state index contributed by atoms with van der Waals surface area (Å²) in [6.07, 6.45) is 3.36. The molecule has 0 fully saturated rings. The Balaban J connectivity index is 1.48. The van der Waals surface area contributed by atoms with Crippen molar-refractivity contribution in [2.75, 3.05) is 0 Å². The van der Waals surface area contributed by atoms with E-state index in [0.29, 0.717) is 44.9 Å². The molecule has 1 atom stereocenters. The first-order valence-corrected chi connectivity index (χ1v) is 13.8. The van der Waals surface area contributed by atoms with E-state index >= 15 is 0 Å². The van der Waals surface area contributed by atoms with Gasteiger partial charge in [-0.15, -0.1) is 11.3 Å². The van der Waals surface area contributed by atoms with Crippen LogP contribution in [0.4, 0.5) is 0 Å². The lowest BCUT2D eigenvalue weighted by Crippen LogP contribution is -2.33. The Bertz CT molecular complexity index is 2080. The number of carbonyl (C=O) groups excluding carboxylic acids is 1. The summed E-state index contributed by atoms with van der Waals surface area (Å²) in [5.74, 6) is 6.41. The fourth-order valence-electron chi connectivity index (χ4n) is 4.84. The molecule has 0 aliphatic heterocycles. The lowest BCUT2D eigenvalue weighted by atomic mass is 10.1. The highest BCUT2D eigenvalue weighted by molar-refractivity contribution is 7.12. The van der Waals surface area contributed by atoms with Gasteiger partial charge in [-0.25, -0.2) is 19.5 Å². The first kappa shape index (κ1) is 26.1. The third-order valence-electron chi connectivity index (χ3n) is 6.68. The second-order valence-corrected chi connectivity index (χ2v) is 10.8. The molecule has 0 saturated carbocycles. The largest absolute Gasteiger partial charge is 0.342 e. The second-order valence-electron chi connectivity index (χ2n) is 9.59. The average Bonchev–Trinajstić information content (AvgIpc) is 3.48. The Labute approximate surface area is 239 Å². The van der Waals surface area contributed by atoms with E-state index in [1.807, 2.05) is 56.3 Å². The highest BCUT2D eigenvalue weighted by Crippen LogP contribution is 2.22. The number of benzene rings is 2. The summed E-state index contributed by atoms with van der Waals surface area (Å²) in [6.45, 7) is 7.43. The van der Waals surface area contributed by atoms with Crippen molar-refractivity contribution in [3.63, 3.8) is 0 Å². The van der Waals surface area contributed by atoms with Gasteiger partial charge >= 0.3 is 0 Å². The van der Waals surface area contributed by atoms with Crippen molar-refractivity contribution in [3.8, 4) is 17.5 Å². The zero-order valence-corrected chi connectivity index (χ0v) is 23.7. The molecule has 4 aromatic heterocycles. The number of nitrogens with one attached hydrogen (secondary N) is 1. The topological polar surface area (TPSA) is 107 Å². The minimum atomic E-state index is -0.629. The molecule has 10 heteroatoms. The van der Waals surface area contributed by atoms with Crippen molar-refractivity contribution in [2.24, 2.45) is 0 Å². The van der Waals surface area contributed by atoms with Gasteiger partial charge in [-0.3, -0.25) is 14.2 Å².